The van der Waals surface area contributed by atoms with E-state index in [2.05, 4.69) is 42.3 Å². The highest BCUT2D eigenvalue weighted by molar-refractivity contribution is 5.65. The first-order chi connectivity index (χ1) is 10.6. The molecule has 3 nitrogen and oxygen atoms in total. The fraction of sp³-hybridized carbons (Fsp3) is 0.368. The monoisotopic (exact) mass is 296 g/mol. The van der Waals surface area contributed by atoms with Crippen LogP contribution in [0, 0.1) is 0 Å². The number of hydrogen-bond donors (Lipinski definition) is 2. The molecule has 0 aliphatic carbocycles. The van der Waals surface area contributed by atoms with Crippen LogP contribution in [0.15, 0.2) is 48.5 Å². The summed E-state index contributed by atoms with van der Waals surface area (Å²) in [7, 11) is 0. The minimum Gasteiger partial charge on any atom is -0.508 e. The Labute approximate surface area is 132 Å². The second kappa shape index (κ2) is 6.51. The third kappa shape index (κ3) is 3.49. The minimum atomic E-state index is 0.388. The first-order valence-corrected chi connectivity index (χ1v) is 7.97. The second-order valence-electron chi connectivity index (χ2n) is 6.37. The van der Waals surface area contributed by atoms with Gasteiger partial charge in [-0.25, -0.2) is 0 Å². The molecule has 0 aromatic heterocycles. The van der Waals surface area contributed by atoms with Gasteiger partial charge in [0.05, 0.1) is 0 Å². The van der Waals surface area contributed by atoms with Crippen LogP contribution in [-0.2, 0) is 6.54 Å². The lowest BCUT2D eigenvalue weighted by Crippen LogP contribution is -2.53. The molecule has 0 bridgehead atoms. The minimum absolute atomic E-state index is 0.388. The molecule has 0 radical (unpaired) electrons. The van der Waals surface area contributed by atoms with E-state index in [9.17, 15) is 5.11 Å². The Morgan fingerprint density at radius 1 is 1.00 bits per heavy atom. The van der Waals surface area contributed by atoms with Gasteiger partial charge in [0.2, 0.25) is 0 Å². The summed E-state index contributed by atoms with van der Waals surface area (Å²) in [6, 6.07) is 17.2. The van der Waals surface area contributed by atoms with E-state index in [1.54, 1.807) is 0 Å². The van der Waals surface area contributed by atoms with Gasteiger partial charge in [-0.15, -0.1) is 0 Å². The molecule has 2 aromatic rings. The predicted octanol–water partition coefficient (Wildman–Crippen LogP) is 3.24. The zero-order valence-electron chi connectivity index (χ0n) is 13.3. The highest BCUT2D eigenvalue weighted by Crippen LogP contribution is 2.27. The molecule has 0 amide bonds. The Hall–Kier alpha value is -1.84. The maximum atomic E-state index is 10.2. The van der Waals surface area contributed by atoms with Crippen molar-refractivity contribution < 1.29 is 5.11 Å². The number of phenols is 1. The predicted molar refractivity (Wildman–Crippen MR) is 90.9 cm³/mol. The highest BCUT2D eigenvalue weighted by atomic mass is 16.3. The third-order valence-electron chi connectivity index (χ3n) is 4.21. The van der Waals surface area contributed by atoms with E-state index < -0.39 is 0 Å². The van der Waals surface area contributed by atoms with Crippen LogP contribution in [0.3, 0.4) is 0 Å². The van der Waals surface area contributed by atoms with Crippen molar-refractivity contribution in [2.24, 2.45) is 0 Å². The molecule has 116 valence electrons. The molecular formula is C19H24N2O. The number of piperazine rings is 1. The maximum Gasteiger partial charge on any atom is 0.120 e. The van der Waals surface area contributed by atoms with E-state index in [0.29, 0.717) is 17.8 Å². The number of hydrogen-bond acceptors (Lipinski definition) is 3. The standard InChI is InChI=1S/C19H24N2O/c1-14-11-21(12-15(2)20-14)13-18-10-17(8-9-19(18)22)16-6-4-3-5-7-16/h3-10,14-15,20,22H,11-13H2,1-2H3/t14-,15+. The Morgan fingerprint density at radius 2 is 1.68 bits per heavy atom. The maximum absolute atomic E-state index is 10.2. The fourth-order valence-corrected chi connectivity index (χ4v) is 3.33. The molecule has 0 unspecified atom stereocenters. The molecule has 3 rings (SSSR count). The van der Waals surface area contributed by atoms with Gasteiger partial charge in [-0.05, 0) is 37.1 Å². The summed E-state index contributed by atoms with van der Waals surface area (Å²) in [4.78, 5) is 2.41. The largest absolute Gasteiger partial charge is 0.508 e. The molecule has 2 N–H and O–H groups in total. The molecule has 1 heterocycles. The van der Waals surface area contributed by atoms with E-state index >= 15 is 0 Å². The molecule has 1 aliphatic rings. The van der Waals surface area contributed by atoms with Crippen molar-refractivity contribution in [2.45, 2.75) is 32.5 Å². The molecule has 2 atom stereocenters. The van der Waals surface area contributed by atoms with Crippen LogP contribution in [0.4, 0.5) is 0 Å². The van der Waals surface area contributed by atoms with E-state index in [1.807, 2.05) is 30.3 Å². The Kier molecular flexibility index (Phi) is 4.46. The zero-order valence-corrected chi connectivity index (χ0v) is 13.3. The summed E-state index contributed by atoms with van der Waals surface area (Å²) in [5.41, 5.74) is 3.35. The molecular weight excluding hydrogens is 272 g/mol. The molecule has 1 saturated heterocycles. The average molecular weight is 296 g/mol. The first kappa shape index (κ1) is 15.1. The van der Waals surface area contributed by atoms with Gasteiger partial charge >= 0.3 is 0 Å². The molecule has 1 aliphatic heterocycles. The van der Waals surface area contributed by atoms with Gasteiger partial charge in [0.15, 0.2) is 0 Å². The lowest BCUT2D eigenvalue weighted by molar-refractivity contribution is 0.165. The molecule has 3 heteroatoms. The summed E-state index contributed by atoms with van der Waals surface area (Å²) >= 11 is 0. The fourth-order valence-electron chi connectivity index (χ4n) is 3.33. The molecule has 1 fully saturated rings. The van der Waals surface area contributed by atoms with Crippen molar-refractivity contribution in [1.29, 1.82) is 0 Å². The lowest BCUT2D eigenvalue weighted by Gasteiger charge is -2.36. The normalized spacial score (nSPS) is 22.6. The van der Waals surface area contributed by atoms with Crippen LogP contribution >= 0.6 is 0 Å². The SMILES string of the molecule is C[C@@H]1CN(Cc2cc(-c3ccccc3)ccc2O)C[C@H](C)N1. The second-order valence-corrected chi connectivity index (χ2v) is 6.37. The molecule has 0 spiro atoms. The molecule has 2 aromatic carbocycles. The van der Waals surface area contributed by atoms with Crippen molar-refractivity contribution in [1.82, 2.24) is 10.2 Å². The summed E-state index contributed by atoms with van der Waals surface area (Å²) in [5.74, 6) is 0.388. The summed E-state index contributed by atoms with van der Waals surface area (Å²) < 4.78 is 0. The van der Waals surface area contributed by atoms with E-state index in [-0.39, 0.29) is 0 Å². The first-order valence-electron chi connectivity index (χ1n) is 7.97. The van der Waals surface area contributed by atoms with Crippen molar-refractivity contribution >= 4 is 0 Å². The van der Waals surface area contributed by atoms with E-state index in [4.69, 9.17) is 0 Å². The zero-order chi connectivity index (χ0) is 15.5. The van der Waals surface area contributed by atoms with Crippen molar-refractivity contribution in [3.05, 3.63) is 54.1 Å². The third-order valence-corrected chi connectivity index (χ3v) is 4.21. The average Bonchev–Trinajstić information content (AvgIpc) is 2.49. The summed E-state index contributed by atoms with van der Waals surface area (Å²) in [6.07, 6.45) is 0. The number of nitrogens with one attached hydrogen (secondary N) is 1. The van der Waals surface area contributed by atoms with Gasteiger partial charge in [0.1, 0.15) is 5.75 Å². The van der Waals surface area contributed by atoms with Gasteiger partial charge in [-0.2, -0.15) is 0 Å². The Balaban J connectivity index is 1.81. The number of phenolic OH excluding ortho intramolecular Hbond substituents is 1. The smallest absolute Gasteiger partial charge is 0.120 e. The van der Waals surface area contributed by atoms with Gasteiger partial charge in [-0.1, -0.05) is 36.4 Å². The van der Waals surface area contributed by atoms with Crippen LogP contribution in [-0.4, -0.2) is 35.2 Å². The number of nitrogens with zero attached hydrogens (tertiary/aromatic N) is 1. The highest BCUT2D eigenvalue weighted by Gasteiger charge is 2.21. The van der Waals surface area contributed by atoms with Gasteiger partial charge in [0, 0.05) is 37.3 Å². The Bertz CT molecular complexity index is 617. The van der Waals surface area contributed by atoms with Crippen LogP contribution in [0.1, 0.15) is 19.4 Å². The molecule has 0 saturated carbocycles. The van der Waals surface area contributed by atoms with Crippen molar-refractivity contribution in [3.8, 4) is 16.9 Å². The number of benzene rings is 2. The Morgan fingerprint density at radius 3 is 2.36 bits per heavy atom. The molecule has 22 heavy (non-hydrogen) atoms. The van der Waals surface area contributed by atoms with Gasteiger partial charge < -0.3 is 10.4 Å². The van der Waals surface area contributed by atoms with Crippen LogP contribution in [0.2, 0.25) is 0 Å². The van der Waals surface area contributed by atoms with E-state index in [0.717, 1.165) is 30.8 Å². The van der Waals surface area contributed by atoms with Crippen LogP contribution < -0.4 is 5.32 Å². The summed E-state index contributed by atoms with van der Waals surface area (Å²) in [6.45, 7) is 7.24. The number of aromatic hydroxyl groups is 1. The van der Waals surface area contributed by atoms with Gasteiger partial charge in [0.25, 0.3) is 0 Å². The van der Waals surface area contributed by atoms with E-state index in [1.165, 1.54) is 5.56 Å². The van der Waals surface area contributed by atoms with Crippen LogP contribution in [0.5, 0.6) is 5.75 Å². The quantitative estimate of drug-likeness (QED) is 0.912. The van der Waals surface area contributed by atoms with Gasteiger partial charge in [-0.3, -0.25) is 4.90 Å². The van der Waals surface area contributed by atoms with Crippen molar-refractivity contribution in [2.75, 3.05) is 13.1 Å². The number of rotatable bonds is 3. The lowest BCUT2D eigenvalue weighted by atomic mass is 10.0. The van der Waals surface area contributed by atoms with Crippen molar-refractivity contribution in [3.63, 3.8) is 0 Å². The summed E-state index contributed by atoms with van der Waals surface area (Å²) in [5, 5.41) is 13.7. The topological polar surface area (TPSA) is 35.5 Å². The van der Waals surface area contributed by atoms with Crippen LogP contribution in [0.25, 0.3) is 11.1 Å².